The fourth-order valence-corrected chi connectivity index (χ4v) is 6.23. The number of piperazine rings is 1. The Morgan fingerprint density at radius 1 is 1.12 bits per heavy atom. The highest BCUT2D eigenvalue weighted by Gasteiger charge is 2.28. The Kier molecular flexibility index (Phi) is 7.40. The summed E-state index contributed by atoms with van der Waals surface area (Å²) in [7, 11) is 0. The summed E-state index contributed by atoms with van der Waals surface area (Å²) in [5.41, 5.74) is 4.06. The molecular weight excluding hydrogens is 548 g/mol. The van der Waals surface area contributed by atoms with Gasteiger partial charge in [-0.25, -0.2) is 14.8 Å². The molecule has 0 aliphatic carbocycles. The zero-order valence-corrected chi connectivity index (χ0v) is 23.7. The smallest absolute Gasteiger partial charge is 0.410 e. The minimum Gasteiger partial charge on any atom is -0.445 e. The first kappa shape index (κ1) is 26.4. The molecule has 5 aromatic rings. The number of carbonyl (C=O) groups excluding carboxylic acids is 1. The molecule has 0 saturated carbocycles. The van der Waals surface area contributed by atoms with Crippen LogP contribution in [0, 0.1) is 11.8 Å². The number of amides is 1. The predicted octanol–water partition coefficient (Wildman–Crippen LogP) is 3.96. The van der Waals surface area contributed by atoms with Crippen LogP contribution in [0.3, 0.4) is 0 Å². The summed E-state index contributed by atoms with van der Waals surface area (Å²) in [4.78, 5) is 24.1. The van der Waals surface area contributed by atoms with Crippen LogP contribution in [0.5, 0.6) is 0 Å². The summed E-state index contributed by atoms with van der Waals surface area (Å²) < 4.78 is 8.67. The number of nitrogens with one attached hydrogen (secondary N) is 3. The number of carbonyl (C=O) groups is 1. The Morgan fingerprint density at radius 3 is 2.88 bits per heavy atom. The molecule has 2 aliphatic rings. The van der Waals surface area contributed by atoms with Crippen molar-refractivity contribution in [3.05, 3.63) is 77.6 Å². The average molecular weight is 579 g/mol. The molecule has 2 fully saturated rings. The summed E-state index contributed by atoms with van der Waals surface area (Å²) >= 11 is 1.56. The molecule has 3 aromatic heterocycles. The third-order valence-corrected chi connectivity index (χ3v) is 8.54. The van der Waals surface area contributed by atoms with Crippen LogP contribution >= 0.6 is 11.3 Å². The van der Waals surface area contributed by atoms with Crippen molar-refractivity contribution < 1.29 is 9.53 Å². The van der Waals surface area contributed by atoms with Crippen molar-refractivity contribution in [2.45, 2.75) is 25.1 Å². The van der Waals surface area contributed by atoms with E-state index in [0.717, 1.165) is 57.1 Å². The molecule has 0 radical (unpaired) electrons. The fourth-order valence-electron chi connectivity index (χ4n) is 5.31. The molecule has 2 aliphatic heterocycles. The van der Waals surface area contributed by atoms with E-state index in [9.17, 15) is 4.79 Å². The van der Waals surface area contributed by atoms with Gasteiger partial charge in [-0.3, -0.25) is 10.00 Å². The normalized spacial score (nSPS) is 18.6. The van der Waals surface area contributed by atoms with E-state index in [0.29, 0.717) is 26.1 Å². The van der Waals surface area contributed by atoms with Crippen LogP contribution in [0.4, 0.5) is 16.3 Å². The molecule has 1 amide bonds. The maximum absolute atomic E-state index is 12.4. The van der Waals surface area contributed by atoms with Gasteiger partial charge in [0.05, 0.1) is 39.4 Å². The minimum atomic E-state index is -0.236. The van der Waals surface area contributed by atoms with Gasteiger partial charge in [-0.2, -0.15) is 5.10 Å². The van der Waals surface area contributed by atoms with Crippen molar-refractivity contribution in [3.63, 3.8) is 0 Å². The van der Waals surface area contributed by atoms with Gasteiger partial charge in [0.25, 0.3) is 0 Å². The van der Waals surface area contributed by atoms with Gasteiger partial charge in [0.1, 0.15) is 12.4 Å². The van der Waals surface area contributed by atoms with Crippen molar-refractivity contribution in [1.29, 1.82) is 0 Å². The number of ether oxygens (including phenoxy) is 1. The molecule has 2 saturated heterocycles. The van der Waals surface area contributed by atoms with Crippen molar-refractivity contribution in [3.8, 4) is 11.8 Å². The number of nitrogens with zero attached hydrogens (tertiary/aromatic N) is 5. The Bertz CT molecular complexity index is 1780. The number of aromatic nitrogens is 4. The molecule has 10 nitrogen and oxygen atoms in total. The lowest BCUT2D eigenvalue weighted by molar-refractivity contribution is 0.0665. The van der Waals surface area contributed by atoms with Gasteiger partial charge in [0, 0.05) is 50.2 Å². The van der Waals surface area contributed by atoms with E-state index >= 15 is 0 Å². The molecular formula is C31H30N8O2S. The molecule has 2 atom stereocenters. The molecule has 11 heteroatoms. The second kappa shape index (κ2) is 11.8. The highest BCUT2D eigenvalue weighted by Crippen LogP contribution is 2.31. The average Bonchev–Trinajstić information content (AvgIpc) is 3.76. The van der Waals surface area contributed by atoms with Crippen molar-refractivity contribution >= 4 is 50.1 Å². The Balaban J connectivity index is 1.02. The first-order valence-electron chi connectivity index (χ1n) is 14.1. The number of hydrogen-bond donors (Lipinski definition) is 3. The van der Waals surface area contributed by atoms with Crippen LogP contribution in [0.25, 0.3) is 21.1 Å². The second-order valence-electron chi connectivity index (χ2n) is 10.4. The van der Waals surface area contributed by atoms with Crippen molar-refractivity contribution in [1.82, 2.24) is 35.3 Å². The fraction of sp³-hybridized carbons (Fsp3) is 0.290. The second-order valence-corrected chi connectivity index (χ2v) is 11.5. The number of hydrogen-bond acceptors (Lipinski definition) is 9. The van der Waals surface area contributed by atoms with Crippen LogP contribution in [0.2, 0.25) is 0 Å². The lowest BCUT2D eigenvalue weighted by Gasteiger charge is -2.27. The first-order valence-corrected chi connectivity index (χ1v) is 14.9. The predicted molar refractivity (Wildman–Crippen MR) is 164 cm³/mol. The summed E-state index contributed by atoms with van der Waals surface area (Å²) in [6.45, 7) is 4.31. The number of anilines is 2. The lowest BCUT2D eigenvalue weighted by Crippen LogP contribution is -2.47. The highest BCUT2D eigenvalue weighted by atomic mass is 32.1. The standard InChI is InChI=1S/C31H30N8O2S/c40-31(38-12-10-32-11-13-38)41-25-15-23(33-18-25)6-8-26-16-27-29(42-26)30(35-20-34-27)37-24-7-9-28-22(14-24)17-36-39(28)19-21-4-2-1-3-5-21/h1-5,7,9,14,16-17,20,23,25,32-33H,10-13,15,18-19H2,(H,34,35,37). The SMILES string of the molecule is O=C(OC1CNC(C#Cc2cc3ncnc(Nc4ccc5c(cnn5Cc5ccccc5)c4)c3s2)C1)N1CCNCC1. The lowest BCUT2D eigenvalue weighted by atomic mass is 10.2. The van der Waals surface area contributed by atoms with Crippen LogP contribution in [0.15, 0.2) is 67.1 Å². The topological polar surface area (TPSA) is 109 Å². The van der Waals surface area contributed by atoms with Gasteiger partial charge in [-0.05, 0) is 29.8 Å². The van der Waals surface area contributed by atoms with E-state index < -0.39 is 0 Å². The van der Waals surface area contributed by atoms with Crippen LogP contribution in [-0.2, 0) is 11.3 Å². The zero-order chi connectivity index (χ0) is 28.3. The van der Waals surface area contributed by atoms with Gasteiger partial charge in [0.2, 0.25) is 0 Å². The maximum Gasteiger partial charge on any atom is 0.410 e. The van der Waals surface area contributed by atoms with Gasteiger partial charge < -0.3 is 20.3 Å². The molecule has 0 bridgehead atoms. The first-order chi connectivity index (χ1) is 20.7. The quantitative estimate of drug-likeness (QED) is 0.269. The molecule has 0 spiro atoms. The summed E-state index contributed by atoms with van der Waals surface area (Å²) in [5, 5.41) is 15.7. The van der Waals surface area contributed by atoms with E-state index in [1.165, 1.54) is 5.56 Å². The molecule has 2 unspecified atom stereocenters. The monoisotopic (exact) mass is 578 g/mol. The highest BCUT2D eigenvalue weighted by molar-refractivity contribution is 7.20. The van der Waals surface area contributed by atoms with Gasteiger partial charge in [0.15, 0.2) is 5.82 Å². The van der Waals surface area contributed by atoms with Crippen LogP contribution in [-0.4, -0.2) is 75.6 Å². The Morgan fingerprint density at radius 2 is 2.00 bits per heavy atom. The molecule has 212 valence electrons. The zero-order valence-electron chi connectivity index (χ0n) is 22.9. The third-order valence-electron chi connectivity index (χ3n) is 7.49. The molecule has 2 aromatic carbocycles. The van der Waals surface area contributed by atoms with E-state index in [1.807, 2.05) is 41.2 Å². The van der Waals surface area contributed by atoms with E-state index in [4.69, 9.17) is 4.74 Å². The number of thiophene rings is 1. The Hall–Kier alpha value is -4.50. The van der Waals surface area contributed by atoms with Crippen molar-refractivity contribution in [2.24, 2.45) is 0 Å². The molecule has 3 N–H and O–H groups in total. The van der Waals surface area contributed by atoms with Crippen LogP contribution < -0.4 is 16.0 Å². The number of rotatable bonds is 5. The largest absolute Gasteiger partial charge is 0.445 e. The van der Waals surface area contributed by atoms with E-state index in [2.05, 4.69) is 67.1 Å². The summed E-state index contributed by atoms with van der Waals surface area (Å²) in [5.74, 6) is 7.34. The third kappa shape index (κ3) is 5.78. The maximum atomic E-state index is 12.4. The van der Waals surface area contributed by atoms with Gasteiger partial charge in [-0.1, -0.05) is 42.2 Å². The van der Waals surface area contributed by atoms with E-state index in [-0.39, 0.29) is 18.2 Å². The van der Waals surface area contributed by atoms with Gasteiger partial charge >= 0.3 is 6.09 Å². The molecule has 42 heavy (non-hydrogen) atoms. The number of fused-ring (bicyclic) bond motifs is 2. The van der Waals surface area contributed by atoms with Gasteiger partial charge in [-0.15, -0.1) is 11.3 Å². The summed E-state index contributed by atoms with van der Waals surface area (Å²) in [6, 6.07) is 18.5. The number of benzene rings is 2. The molecule has 7 rings (SSSR count). The summed E-state index contributed by atoms with van der Waals surface area (Å²) in [6.07, 6.45) is 3.73. The molecule has 5 heterocycles. The van der Waals surface area contributed by atoms with Crippen LogP contribution in [0.1, 0.15) is 16.9 Å². The Labute approximate surface area is 247 Å². The van der Waals surface area contributed by atoms with Crippen molar-refractivity contribution in [2.75, 3.05) is 38.0 Å². The van der Waals surface area contributed by atoms with E-state index in [1.54, 1.807) is 22.6 Å². The minimum absolute atomic E-state index is 0.0331.